The predicted octanol–water partition coefficient (Wildman–Crippen LogP) is 1.13. The smallest absolute Gasteiger partial charge is 0.240 e. The number of hydrogen-bond acceptors (Lipinski definition) is 4. The predicted molar refractivity (Wildman–Crippen MR) is 68.1 cm³/mol. The highest BCUT2D eigenvalue weighted by molar-refractivity contribution is 7.89. The molecule has 1 aromatic carbocycles. The second-order valence-electron chi connectivity index (χ2n) is 4.44. The molecule has 1 saturated carbocycles. The van der Waals surface area contributed by atoms with Crippen LogP contribution in [-0.2, 0) is 10.0 Å². The van der Waals surface area contributed by atoms with Gasteiger partial charge in [-0.3, -0.25) is 0 Å². The lowest BCUT2D eigenvalue weighted by atomic mass is 9.85. The molecule has 2 rings (SSSR count). The van der Waals surface area contributed by atoms with E-state index in [2.05, 4.69) is 5.32 Å². The summed E-state index contributed by atoms with van der Waals surface area (Å²) in [4.78, 5) is -0.0175. The number of primary sulfonamides is 1. The van der Waals surface area contributed by atoms with E-state index in [-0.39, 0.29) is 10.6 Å². The fraction of sp³-hybridized carbons (Fsp3) is 0.455. The molecule has 6 heteroatoms. The van der Waals surface area contributed by atoms with Gasteiger partial charge in [0.15, 0.2) is 0 Å². The highest BCUT2D eigenvalue weighted by Crippen LogP contribution is 2.29. The maximum absolute atomic E-state index is 11.3. The molecule has 0 aliphatic heterocycles. The molecule has 1 aliphatic carbocycles. The van der Waals surface area contributed by atoms with Gasteiger partial charge >= 0.3 is 0 Å². The summed E-state index contributed by atoms with van der Waals surface area (Å²) in [6, 6.07) is 4.82. The summed E-state index contributed by atoms with van der Waals surface area (Å²) in [5, 5.41) is 8.27. The average molecular weight is 255 g/mol. The molecule has 0 atom stereocenters. The lowest BCUT2D eigenvalue weighted by molar-refractivity contribution is 0.333. The van der Waals surface area contributed by atoms with Gasteiger partial charge in [0.25, 0.3) is 0 Å². The molecule has 0 heterocycles. The minimum atomic E-state index is -3.75. The number of nitrogens with one attached hydrogen (secondary N) is 1. The molecule has 1 fully saturated rings. The van der Waals surface area contributed by atoms with Crippen LogP contribution in [0.15, 0.2) is 23.1 Å². The zero-order chi connectivity index (χ0) is 12.5. The Hall–Kier alpha value is -1.27. The van der Waals surface area contributed by atoms with Gasteiger partial charge in [-0.1, -0.05) is 12.5 Å². The van der Waals surface area contributed by atoms with Crippen LogP contribution in [0.5, 0.6) is 0 Å². The van der Waals surface area contributed by atoms with Crippen molar-refractivity contribution in [1.82, 2.24) is 0 Å². The van der Waals surface area contributed by atoms with Crippen molar-refractivity contribution in [2.24, 2.45) is 11.1 Å². The van der Waals surface area contributed by atoms with Crippen molar-refractivity contribution in [1.29, 1.82) is 0 Å². The number of rotatable bonds is 4. The highest BCUT2D eigenvalue weighted by atomic mass is 32.2. The minimum Gasteiger partial charge on any atom is -0.396 e. The Morgan fingerprint density at radius 3 is 2.59 bits per heavy atom. The molecular weight excluding hydrogens is 238 g/mol. The van der Waals surface area contributed by atoms with Crippen LogP contribution in [-0.4, -0.2) is 15.0 Å². The molecule has 0 radical (unpaired) electrons. The molecule has 1 aliphatic rings. The third-order valence-corrected chi connectivity index (χ3v) is 4.15. The van der Waals surface area contributed by atoms with Gasteiger partial charge in [0.05, 0.1) is 11.4 Å². The fourth-order valence-electron chi connectivity index (χ4n) is 1.90. The van der Waals surface area contributed by atoms with Gasteiger partial charge < -0.3 is 11.1 Å². The van der Waals surface area contributed by atoms with E-state index in [0.717, 1.165) is 6.54 Å². The summed E-state index contributed by atoms with van der Waals surface area (Å²) < 4.78 is 22.6. The Morgan fingerprint density at radius 2 is 2.06 bits per heavy atom. The lowest BCUT2D eigenvalue weighted by Crippen LogP contribution is -2.22. The van der Waals surface area contributed by atoms with Gasteiger partial charge in [-0.15, -0.1) is 0 Å². The van der Waals surface area contributed by atoms with Crippen molar-refractivity contribution >= 4 is 21.4 Å². The lowest BCUT2D eigenvalue weighted by Gasteiger charge is -2.26. The van der Waals surface area contributed by atoms with Crippen LogP contribution < -0.4 is 16.2 Å². The Morgan fingerprint density at radius 1 is 1.35 bits per heavy atom. The van der Waals surface area contributed by atoms with E-state index in [4.69, 9.17) is 10.9 Å². The summed E-state index contributed by atoms with van der Waals surface area (Å²) >= 11 is 0. The molecule has 0 saturated heterocycles. The first-order chi connectivity index (χ1) is 7.98. The van der Waals surface area contributed by atoms with Crippen LogP contribution in [0.3, 0.4) is 0 Å². The third-order valence-electron chi connectivity index (χ3n) is 3.18. The van der Waals surface area contributed by atoms with Crippen LogP contribution >= 0.6 is 0 Å². The normalized spacial score (nSPS) is 16.5. The quantitative estimate of drug-likeness (QED) is 0.702. The Balaban J connectivity index is 2.17. The minimum absolute atomic E-state index is 0.0175. The number of benzene rings is 1. The molecular formula is C11H17N3O2S. The number of hydrogen-bond donors (Lipinski definition) is 3. The van der Waals surface area contributed by atoms with Crippen LogP contribution in [0, 0.1) is 5.92 Å². The van der Waals surface area contributed by atoms with Crippen LogP contribution in [0.4, 0.5) is 11.4 Å². The van der Waals surface area contributed by atoms with Crippen molar-refractivity contribution in [2.45, 2.75) is 24.2 Å². The Labute approximate surface area is 101 Å². The largest absolute Gasteiger partial charge is 0.396 e. The molecule has 1 aromatic rings. The Kier molecular flexibility index (Phi) is 3.26. The van der Waals surface area contributed by atoms with E-state index in [1.54, 1.807) is 12.1 Å². The molecule has 5 nitrogen and oxygen atoms in total. The molecule has 17 heavy (non-hydrogen) atoms. The first-order valence-electron chi connectivity index (χ1n) is 5.63. The van der Waals surface area contributed by atoms with E-state index in [1.807, 2.05) is 0 Å². The summed E-state index contributed by atoms with van der Waals surface area (Å²) in [7, 11) is -3.75. The first kappa shape index (κ1) is 12.2. The molecule has 0 amide bonds. The van der Waals surface area contributed by atoms with Crippen molar-refractivity contribution in [2.75, 3.05) is 17.6 Å². The molecule has 0 bridgehead atoms. The monoisotopic (exact) mass is 255 g/mol. The summed E-state index contributed by atoms with van der Waals surface area (Å²) in [6.07, 6.45) is 3.72. The molecule has 94 valence electrons. The zero-order valence-corrected chi connectivity index (χ0v) is 10.3. The van der Waals surface area contributed by atoms with Crippen LogP contribution in [0.2, 0.25) is 0 Å². The summed E-state index contributed by atoms with van der Waals surface area (Å²) in [6.45, 7) is 0.832. The number of nitrogen functional groups attached to an aromatic ring is 1. The van der Waals surface area contributed by atoms with Gasteiger partial charge in [0.2, 0.25) is 10.0 Å². The Bertz CT molecular complexity index is 509. The SMILES string of the molecule is Nc1c(NCC2CCC2)cccc1S(N)(=O)=O. The van der Waals surface area contributed by atoms with E-state index >= 15 is 0 Å². The number of sulfonamides is 1. The number of nitrogens with two attached hydrogens (primary N) is 2. The van der Waals surface area contributed by atoms with Gasteiger partial charge in [-0.05, 0) is 30.9 Å². The summed E-state index contributed by atoms with van der Waals surface area (Å²) in [5.41, 5.74) is 6.64. The first-order valence-corrected chi connectivity index (χ1v) is 7.18. The van der Waals surface area contributed by atoms with Crippen molar-refractivity contribution < 1.29 is 8.42 Å². The van der Waals surface area contributed by atoms with Gasteiger partial charge in [0, 0.05) is 6.54 Å². The zero-order valence-electron chi connectivity index (χ0n) is 9.52. The van der Waals surface area contributed by atoms with Gasteiger partial charge in [-0.25, -0.2) is 13.6 Å². The summed E-state index contributed by atoms with van der Waals surface area (Å²) in [5.74, 6) is 0.674. The molecule has 0 spiro atoms. The highest BCUT2D eigenvalue weighted by Gasteiger charge is 2.18. The van der Waals surface area contributed by atoms with Gasteiger partial charge in [-0.2, -0.15) is 0 Å². The molecule has 0 aromatic heterocycles. The maximum atomic E-state index is 11.3. The van der Waals surface area contributed by atoms with Gasteiger partial charge in [0.1, 0.15) is 4.90 Å². The van der Waals surface area contributed by atoms with E-state index in [1.165, 1.54) is 25.3 Å². The van der Waals surface area contributed by atoms with Crippen molar-refractivity contribution in [3.63, 3.8) is 0 Å². The van der Waals surface area contributed by atoms with E-state index in [0.29, 0.717) is 11.6 Å². The topological polar surface area (TPSA) is 98.2 Å². The molecule has 0 unspecified atom stereocenters. The van der Waals surface area contributed by atoms with Crippen molar-refractivity contribution in [3.8, 4) is 0 Å². The standard InChI is InChI=1S/C11H17N3O2S/c12-11-9(14-7-8-3-1-4-8)5-2-6-10(11)17(13,15)16/h2,5-6,8,14H,1,3-4,7,12H2,(H2,13,15,16). The number of para-hydroxylation sites is 1. The number of anilines is 2. The maximum Gasteiger partial charge on any atom is 0.240 e. The third kappa shape index (κ3) is 2.70. The van der Waals surface area contributed by atoms with E-state index < -0.39 is 10.0 Å². The van der Waals surface area contributed by atoms with Crippen LogP contribution in [0.25, 0.3) is 0 Å². The fourth-order valence-corrected chi connectivity index (χ4v) is 2.58. The van der Waals surface area contributed by atoms with Crippen molar-refractivity contribution in [3.05, 3.63) is 18.2 Å². The average Bonchev–Trinajstić information content (AvgIpc) is 2.16. The second-order valence-corrected chi connectivity index (χ2v) is 5.97. The van der Waals surface area contributed by atoms with Crippen LogP contribution in [0.1, 0.15) is 19.3 Å². The van der Waals surface area contributed by atoms with E-state index in [9.17, 15) is 8.42 Å². The second kappa shape index (κ2) is 4.54. The molecule has 5 N–H and O–H groups in total.